The van der Waals surface area contributed by atoms with E-state index >= 15 is 0 Å². The molecule has 1 aromatic heterocycles. The van der Waals surface area contributed by atoms with Crippen LogP contribution in [0.1, 0.15) is 49.7 Å². The number of likely N-dealkylation sites (N-methyl/N-ethyl adjacent to an activating group) is 1. The fraction of sp³-hybridized carbons (Fsp3) is 0.462. The summed E-state index contributed by atoms with van der Waals surface area (Å²) in [6, 6.07) is 7.92. The molecule has 0 aliphatic carbocycles. The molecule has 0 bridgehead atoms. The number of Topliss-reactive ketones (excluding diaryl/α,β-unsaturated/α-hetero) is 1. The highest BCUT2D eigenvalue weighted by Gasteiger charge is 2.71. The lowest BCUT2D eigenvalue weighted by Gasteiger charge is -2.46. The SMILES string of the molecule is CC(C)C[C@H](CC(=O)[C@H](Cc1ccccc1)NC(=O)c1cnccn1)[B-]12OC(=O)C[N+]1(C)[C@@H](C)C(=O)O2. The number of hydrogen-bond acceptors (Lipinski definition) is 8. The van der Waals surface area contributed by atoms with Crippen LogP contribution in [-0.2, 0) is 30.1 Å². The fourth-order valence-electron chi connectivity index (χ4n) is 5.68. The first kappa shape index (κ1) is 26.5. The fourth-order valence-corrected chi connectivity index (χ4v) is 5.68. The number of carbonyl (C=O) groups is 4. The second-order valence-corrected chi connectivity index (χ2v) is 10.7. The minimum Gasteiger partial charge on any atom is -0.600 e. The normalized spacial score (nSPS) is 26.2. The van der Waals surface area contributed by atoms with Crippen molar-refractivity contribution >= 4 is 30.3 Å². The Labute approximate surface area is 216 Å². The van der Waals surface area contributed by atoms with Gasteiger partial charge in [0.15, 0.2) is 5.78 Å². The molecule has 4 rings (SSSR count). The van der Waals surface area contributed by atoms with Gasteiger partial charge < -0.3 is 19.0 Å². The summed E-state index contributed by atoms with van der Waals surface area (Å²) >= 11 is 0. The topological polar surface area (TPSA) is 125 Å². The van der Waals surface area contributed by atoms with Gasteiger partial charge in [-0.3, -0.25) is 19.4 Å². The van der Waals surface area contributed by atoms with Gasteiger partial charge in [-0.2, -0.15) is 0 Å². The Morgan fingerprint density at radius 3 is 2.54 bits per heavy atom. The summed E-state index contributed by atoms with van der Waals surface area (Å²) in [7, 11) is 1.79. The number of hydrogen-bond donors (Lipinski definition) is 1. The van der Waals surface area contributed by atoms with Gasteiger partial charge in [-0.15, -0.1) is 0 Å². The minimum absolute atomic E-state index is 0.00233. The lowest BCUT2D eigenvalue weighted by molar-refractivity contribution is -0.817. The van der Waals surface area contributed by atoms with Crippen LogP contribution in [0.3, 0.4) is 0 Å². The molecule has 1 aromatic carbocycles. The highest BCUT2D eigenvalue weighted by molar-refractivity contribution is 6.68. The van der Waals surface area contributed by atoms with Crippen LogP contribution in [0.15, 0.2) is 48.9 Å². The van der Waals surface area contributed by atoms with Crippen LogP contribution in [-0.4, -0.2) is 70.4 Å². The second-order valence-electron chi connectivity index (χ2n) is 10.7. The Hall–Kier alpha value is -3.60. The summed E-state index contributed by atoms with van der Waals surface area (Å²) in [6.07, 6.45) is 4.95. The van der Waals surface area contributed by atoms with E-state index in [-0.39, 0.29) is 41.2 Å². The monoisotopic (exact) mass is 508 g/mol. The van der Waals surface area contributed by atoms with E-state index in [9.17, 15) is 19.2 Å². The van der Waals surface area contributed by atoms with Crippen LogP contribution in [0.4, 0.5) is 0 Å². The van der Waals surface area contributed by atoms with E-state index in [0.717, 1.165) is 5.56 Å². The van der Waals surface area contributed by atoms with Crippen molar-refractivity contribution in [2.75, 3.05) is 13.6 Å². The van der Waals surface area contributed by atoms with Crippen LogP contribution in [0, 0.1) is 5.92 Å². The molecular weight excluding hydrogens is 475 g/mol. The molecule has 196 valence electrons. The Morgan fingerprint density at radius 1 is 1.16 bits per heavy atom. The lowest BCUT2D eigenvalue weighted by atomic mass is 9.51. The zero-order chi connectivity index (χ0) is 26.8. The third-order valence-electron chi connectivity index (χ3n) is 7.71. The minimum atomic E-state index is -2.46. The van der Waals surface area contributed by atoms with Gasteiger partial charge in [0.05, 0.1) is 12.2 Å². The Kier molecular flexibility index (Phi) is 7.45. The van der Waals surface area contributed by atoms with Crippen molar-refractivity contribution in [2.24, 2.45) is 5.92 Å². The summed E-state index contributed by atoms with van der Waals surface area (Å²) in [4.78, 5) is 60.0. The molecule has 0 radical (unpaired) electrons. The van der Waals surface area contributed by atoms with Gasteiger partial charge >= 0.3 is 18.6 Å². The van der Waals surface area contributed by atoms with Gasteiger partial charge in [0.1, 0.15) is 18.3 Å². The summed E-state index contributed by atoms with van der Waals surface area (Å²) in [6.45, 7) is 3.28. The largest absolute Gasteiger partial charge is 0.600 e. The van der Waals surface area contributed by atoms with Gasteiger partial charge in [0, 0.05) is 19.4 Å². The van der Waals surface area contributed by atoms with E-state index < -0.39 is 42.4 Å². The Morgan fingerprint density at radius 2 is 1.89 bits per heavy atom. The first-order valence-electron chi connectivity index (χ1n) is 12.6. The van der Waals surface area contributed by atoms with E-state index in [4.69, 9.17) is 9.31 Å². The first-order chi connectivity index (χ1) is 17.6. The van der Waals surface area contributed by atoms with E-state index in [2.05, 4.69) is 15.3 Å². The van der Waals surface area contributed by atoms with Gasteiger partial charge in [0.25, 0.3) is 5.91 Å². The second kappa shape index (κ2) is 10.4. The molecule has 10 nitrogen and oxygen atoms in total. The van der Waals surface area contributed by atoms with E-state index in [1.165, 1.54) is 18.6 Å². The first-order valence-corrected chi connectivity index (χ1v) is 12.6. The van der Waals surface area contributed by atoms with E-state index in [0.29, 0.717) is 6.42 Å². The number of aromatic nitrogens is 2. The van der Waals surface area contributed by atoms with E-state index in [1.54, 1.807) is 14.0 Å². The molecule has 2 saturated heterocycles. The summed E-state index contributed by atoms with van der Waals surface area (Å²) in [5.41, 5.74) is 0.973. The van der Waals surface area contributed by atoms with Crippen LogP contribution in [0.2, 0.25) is 5.82 Å². The highest BCUT2D eigenvalue weighted by Crippen LogP contribution is 2.48. The average Bonchev–Trinajstić information content (AvgIpc) is 3.23. The number of quaternary nitrogens is 1. The zero-order valence-electron chi connectivity index (χ0n) is 21.6. The number of carbonyl (C=O) groups excluding carboxylic acids is 4. The number of nitrogens with one attached hydrogen (secondary N) is 1. The molecule has 2 aliphatic heterocycles. The van der Waals surface area contributed by atoms with Crippen molar-refractivity contribution in [1.29, 1.82) is 0 Å². The number of fused-ring (bicyclic) bond motifs is 1. The number of ketones is 1. The van der Waals surface area contributed by atoms with Crippen molar-refractivity contribution in [1.82, 2.24) is 15.3 Å². The number of rotatable bonds is 10. The van der Waals surface area contributed by atoms with Gasteiger partial charge in [0.2, 0.25) is 0 Å². The average molecular weight is 508 g/mol. The van der Waals surface area contributed by atoms with Crippen molar-refractivity contribution in [3.8, 4) is 0 Å². The van der Waals surface area contributed by atoms with Crippen LogP contribution in [0.5, 0.6) is 0 Å². The maximum absolute atomic E-state index is 13.9. The summed E-state index contributed by atoms with van der Waals surface area (Å²) < 4.78 is 11.7. The molecule has 1 N–H and O–H groups in total. The van der Waals surface area contributed by atoms with Crippen molar-refractivity contribution in [2.45, 2.75) is 57.9 Å². The highest BCUT2D eigenvalue weighted by atomic mass is 16.7. The summed E-state index contributed by atoms with van der Waals surface area (Å²) in [5.74, 6) is -2.04. The maximum atomic E-state index is 13.9. The number of nitrogens with zero attached hydrogens (tertiary/aromatic N) is 3. The molecule has 2 fully saturated rings. The molecule has 2 aliphatic rings. The molecule has 11 heteroatoms. The summed E-state index contributed by atoms with van der Waals surface area (Å²) in [5, 5.41) is 2.82. The molecule has 37 heavy (non-hydrogen) atoms. The quantitative estimate of drug-likeness (QED) is 0.484. The zero-order valence-corrected chi connectivity index (χ0v) is 21.6. The van der Waals surface area contributed by atoms with Crippen molar-refractivity contribution in [3.05, 3.63) is 60.2 Å². The third-order valence-corrected chi connectivity index (χ3v) is 7.71. The van der Waals surface area contributed by atoms with Gasteiger partial charge in [-0.05, 0) is 37.1 Å². The third kappa shape index (κ3) is 5.13. The smallest absolute Gasteiger partial charge is 0.587 e. The van der Waals surface area contributed by atoms with E-state index in [1.807, 2.05) is 44.2 Å². The molecule has 3 heterocycles. The molecule has 2 unspecified atom stereocenters. The Balaban J connectivity index is 1.64. The van der Waals surface area contributed by atoms with Crippen molar-refractivity contribution < 1.29 is 32.9 Å². The van der Waals surface area contributed by atoms with Crippen LogP contribution < -0.4 is 5.32 Å². The van der Waals surface area contributed by atoms with Crippen LogP contribution >= 0.6 is 0 Å². The predicted octanol–water partition coefficient (Wildman–Crippen LogP) is 2.08. The molecular formula is C26H33BN4O6. The molecule has 0 saturated carbocycles. The standard InChI is InChI=1S/C26H33BN4O6/c1-17(2)12-20(27-31(4,16-24(33)36-27)18(3)26(35)37-27)14-23(32)21(13-19-8-6-5-7-9-19)30-25(34)22-15-28-10-11-29-22/h5-11,15,17-18,20-21H,12-14,16H2,1-4H3,(H,30,34)/t18-,20+,21-,27?,31?/m0/s1. The molecule has 0 spiro atoms. The molecule has 5 atom stereocenters. The van der Waals surface area contributed by atoms with Crippen LogP contribution in [0.25, 0.3) is 0 Å². The maximum Gasteiger partial charge on any atom is 0.587 e. The van der Waals surface area contributed by atoms with Gasteiger partial charge in [-0.1, -0.05) is 50.6 Å². The molecule has 1 amide bonds. The predicted molar refractivity (Wildman–Crippen MR) is 135 cm³/mol. The van der Waals surface area contributed by atoms with Gasteiger partial charge in [-0.25, -0.2) is 9.78 Å². The lowest BCUT2D eigenvalue weighted by Crippen LogP contribution is -2.65. The number of benzene rings is 1. The molecule has 2 aromatic rings. The Bertz CT molecular complexity index is 1180. The van der Waals surface area contributed by atoms with Crippen molar-refractivity contribution in [3.63, 3.8) is 0 Å². The number of amides is 1.